The highest BCUT2D eigenvalue weighted by molar-refractivity contribution is 9.10. The predicted octanol–water partition coefficient (Wildman–Crippen LogP) is 5.32. The highest BCUT2D eigenvalue weighted by Crippen LogP contribution is 2.40. The van der Waals surface area contributed by atoms with Crippen LogP contribution in [0.1, 0.15) is 22.6 Å². The lowest BCUT2D eigenvalue weighted by atomic mass is 9.88. The van der Waals surface area contributed by atoms with E-state index >= 15 is 0 Å². The summed E-state index contributed by atoms with van der Waals surface area (Å²) in [5.74, 6) is 2.15. The average molecular weight is 513 g/mol. The van der Waals surface area contributed by atoms with Crippen molar-refractivity contribution in [3.05, 3.63) is 75.8 Å². The van der Waals surface area contributed by atoms with Crippen molar-refractivity contribution >= 4 is 27.6 Å². The number of hydrogen-bond acceptors (Lipinski definition) is 5. The fourth-order valence-corrected chi connectivity index (χ4v) is 4.33. The highest BCUT2D eigenvalue weighted by atomic mass is 79.9. The van der Waals surface area contributed by atoms with Crippen molar-refractivity contribution < 1.29 is 23.7 Å². The summed E-state index contributed by atoms with van der Waals surface area (Å²) in [7, 11) is 4.60. The van der Waals surface area contributed by atoms with Crippen molar-refractivity contribution in [1.29, 1.82) is 0 Å². The number of hydrogen-bond donors (Lipinski definition) is 2. The Morgan fingerprint density at radius 2 is 1.73 bits per heavy atom. The van der Waals surface area contributed by atoms with Crippen molar-refractivity contribution in [3.63, 3.8) is 0 Å². The van der Waals surface area contributed by atoms with Crippen LogP contribution in [-0.4, -0.2) is 33.9 Å². The lowest BCUT2D eigenvalue weighted by Gasteiger charge is -2.21. The molecule has 8 heteroatoms. The number of anilines is 1. The number of fused-ring (bicyclic) bond motifs is 2. The molecule has 1 unspecified atom stereocenters. The van der Waals surface area contributed by atoms with Crippen LogP contribution >= 0.6 is 15.9 Å². The lowest BCUT2D eigenvalue weighted by molar-refractivity contribution is 0.251. The molecule has 1 heterocycles. The van der Waals surface area contributed by atoms with E-state index in [1.165, 1.54) is 14.2 Å². The van der Waals surface area contributed by atoms with Crippen molar-refractivity contribution in [3.8, 4) is 23.0 Å². The highest BCUT2D eigenvalue weighted by Gasteiger charge is 2.26. The number of carbonyl (C=O) groups excluding carboxylic acids is 1. The first kappa shape index (κ1) is 22.8. The Kier molecular flexibility index (Phi) is 6.93. The maximum atomic E-state index is 12.9. The number of methoxy groups -OCH3 is 3. The average Bonchev–Trinajstić information content (AvgIpc) is 2.99. The molecule has 0 saturated heterocycles. The Morgan fingerprint density at radius 1 is 1.00 bits per heavy atom. The van der Waals surface area contributed by atoms with Crippen molar-refractivity contribution in [2.24, 2.45) is 0 Å². The number of urea groups is 1. The number of rotatable bonds is 6. The minimum Gasteiger partial charge on any atom is -0.496 e. The quantitative estimate of drug-likeness (QED) is 0.467. The number of benzene rings is 3. The van der Waals surface area contributed by atoms with Gasteiger partial charge in [0.05, 0.1) is 21.3 Å². The van der Waals surface area contributed by atoms with Gasteiger partial charge >= 0.3 is 6.03 Å². The van der Waals surface area contributed by atoms with Gasteiger partial charge in [-0.2, -0.15) is 0 Å². The standard InChI is InChI=1S/C25H25BrN2O5/c1-30-17-11-22(31-2)24(23(12-17)32-3)28-25(29)27-13-20-18-7-5-4-6-15(18)14-33-21-9-8-16(26)10-19(20)21/h4-12,20H,13-14H2,1-3H3,(H2,27,28,29). The molecule has 7 nitrogen and oxygen atoms in total. The van der Waals surface area contributed by atoms with E-state index in [0.29, 0.717) is 36.1 Å². The predicted molar refractivity (Wildman–Crippen MR) is 130 cm³/mol. The Bertz CT molecular complexity index is 1140. The zero-order valence-electron chi connectivity index (χ0n) is 18.6. The van der Waals surface area contributed by atoms with Gasteiger partial charge in [-0.05, 0) is 29.3 Å². The van der Waals surface area contributed by atoms with Gasteiger partial charge in [0.25, 0.3) is 0 Å². The van der Waals surface area contributed by atoms with Crippen LogP contribution in [0.15, 0.2) is 59.1 Å². The number of amides is 2. The SMILES string of the molecule is COc1cc(OC)c(NC(=O)NCC2c3ccccc3COc3ccc(Br)cc32)c(OC)c1. The fraction of sp³-hybridized carbons (Fsp3) is 0.240. The van der Waals surface area contributed by atoms with Crippen molar-refractivity contribution in [2.75, 3.05) is 33.2 Å². The molecule has 0 aromatic heterocycles. The summed E-state index contributed by atoms with van der Waals surface area (Å²) in [6.07, 6.45) is 0. The van der Waals surface area contributed by atoms with Gasteiger partial charge < -0.3 is 29.6 Å². The van der Waals surface area contributed by atoms with E-state index < -0.39 is 0 Å². The first-order valence-electron chi connectivity index (χ1n) is 10.4. The van der Waals surface area contributed by atoms with Crippen LogP contribution in [0, 0.1) is 0 Å². The van der Waals surface area contributed by atoms with Crippen LogP contribution < -0.4 is 29.6 Å². The summed E-state index contributed by atoms with van der Waals surface area (Å²) >= 11 is 3.56. The molecule has 1 aliphatic heterocycles. The molecule has 0 spiro atoms. The minimum atomic E-state index is -0.379. The van der Waals surface area contributed by atoms with Gasteiger partial charge in [-0.15, -0.1) is 0 Å². The monoisotopic (exact) mass is 512 g/mol. The maximum Gasteiger partial charge on any atom is 0.319 e. The third-order valence-corrected chi connectivity index (χ3v) is 6.07. The normalized spacial score (nSPS) is 14.1. The van der Waals surface area contributed by atoms with Gasteiger partial charge in [0, 0.05) is 34.6 Å². The summed E-state index contributed by atoms with van der Waals surface area (Å²) in [5.41, 5.74) is 3.64. The summed E-state index contributed by atoms with van der Waals surface area (Å²) in [4.78, 5) is 12.9. The van der Waals surface area contributed by atoms with E-state index in [1.807, 2.05) is 30.3 Å². The second kappa shape index (κ2) is 10.0. The van der Waals surface area contributed by atoms with E-state index in [4.69, 9.17) is 18.9 Å². The van der Waals surface area contributed by atoms with E-state index in [-0.39, 0.29) is 11.9 Å². The van der Waals surface area contributed by atoms with Crippen molar-refractivity contribution in [2.45, 2.75) is 12.5 Å². The van der Waals surface area contributed by atoms with Crippen LogP contribution in [0.5, 0.6) is 23.0 Å². The van der Waals surface area contributed by atoms with E-state index in [1.54, 1.807) is 19.2 Å². The molecule has 4 rings (SSSR count). The molecule has 0 saturated carbocycles. The summed E-state index contributed by atoms with van der Waals surface area (Å²) in [6.45, 7) is 0.851. The van der Waals surface area contributed by atoms with E-state index in [9.17, 15) is 4.79 Å². The molecule has 172 valence electrons. The topological polar surface area (TPSA) is 78.1 Å². The molecule has 3 aromatic carbocycles. The molecule has 2 amide bonds. The van der Waals surface area contributed by atoms with Crippen molar-refractivity contribution in [1.82, 2.24) is 5.32 Å². The first-order chi connectivity index (χ1) is 16.0. The molecule has 0 radical (unpaired) electrons. The number of nitrogens with one attached hydrogen (secondary N) is 2. The minimum absolute atomic E-state index is 0.0818. The molecule has 3 aromatic rings. The van der Waals surface area contributed by atoms with Gasteiger partial charge in [0.15, 0.2) is 0 Å². The van der Waals surface area contributed by atoms with Gasteiger partial charge in [-0.3, -0.25) is 0 Å². The Morgan fingerprint density at radius 3 is 2.42 bits per heavy atom. The fourth-order valence-electron chi connectivity index (χ4n) is 3.95. The number of carbonyl (C=O) groups is 1. The number of ether oxygens (including phenoxy) is 4. The second-order valence-electron chi connectivity index (χ2n) is 7.46. The third kappa shape index (κ3) is 4.85. The van der Waals surface area contributed by atoms with Crippen LogP contribution in [0.3, 0.4) is 0 Å². The molecule has 0 bridgehead atoms. The Hall–Kier alpha value is -3.39. The van der Waals surface area contributed by atoms with Gasteiger partial charge in [-0.1, -0.05) is 40.2 Å². The molecule has 33 heavy (non-hydrogen) atoms. The number of halogens is 1. The maximum absolute atomic E-state index is 12.9. The largest absolute Gasteiger partial charge is 0.496 e. The molecule has 1 atom stereocenters. The lowest BCUT2D eigenvalue weighted by Crippen LogP contribution is -2.33. The van der Waals surface area contributed by atoms with E-state index in [0.717, 1.165) is 26.9 Å². The third-order valence-electron chi connectivity index (χ3n) is 5.58. The summed E-state index contributed by atoms with van der Waals surface area (Å²) in [6, 6.07) is 17.1. The Labute approximate surface area is 201 Å². The van der Waals surface area contributed by atoms with Crippen LogP contribution in [0.4, 0.5) is 10.5 Å². The smallest absolute Gasteiger partial charge is 0.319 e. The van der Waals surface area contributed by atoms with Crippen LogP contribution in [0.2, 0.25) is 0 Å². The van der Waals surface area contributed by atoms with E-state index in [2.05, 4.69) is 38.7 Å². The van der Waals surface area contributed by atoms with Gasteiger partial charge in [0.1, 0.15) is 35.3 Å². The molecule has 0 fully saturated rings. The first-order valence-corrected chi connectivity index (χ1v) is 11.2. The molecular weight excluding hydrogens is 488 g/mol. The molecular formula is C25H25BrN2O5. The van der Waals surface area contributed by atoms with Gasteiger partial charge in [0.2, 0.25) is 0 Å². The van der Waals surface area contributed by atoms with Gasteiger partial charge in [-0.25, -0.2) is 4.79 Å². The zero-order valence-corrected chi connectivity index (χ0v) is 20.2. The summed E-state index contributed by atoms with van der Waals surface area (Å²) < 4.78 is 23.1. The summed E-state index contributed by atoms with van der Waals surface area (Å²) in [5, 5.41) is 5.85. The zero-order chi connectivity index (χ0) is 23.4. The molecule has 2 N–H and O–H groups in total. The van der Waals surface area contributed by atoms with Crippen LogP contribution in [-0.2, 0) is 6.61 Å². The molecule has 1 aliphatic rings. The van der Waals surface area contributed by atoms with Crippen LogP contribution in [0.25, 0.3) is 0 Å². The Balaban J connectivity index is 1.59. The second-order valence-corrected chi connectivity index (χ2v) is 8.38. The molecule has 0 aliphatic carbocycles.